The lowest BCUT2D eigenvalue weighted by Gasteiger charge is -2.16. The van der Waals surface area contributed by atoms with Gasteiger partial charge in [0, 0.05) is 5.69 Å². The van der Waals surface area contributed by atoms with Crippen molar-refractivity contribution in [3.8, 4) is 0 Å². The SMILES string of the molecule is CCC(C(=O)Nc1ccc2c(c1)C=C(C)[B]2)C(C)=CC1=C(C)OCO1. The van der Waals surface area contributed by atoms with Crippen LogP contribution in [0.25, 0.3) is 6.08 Å². The van der Waals surface area contributed by atoms with Crippen molar-refractivity contribution in [2.45, 2.75) is 34.1 Å². The molecule has 3 rings (SSSR count). The lowest BCUT2D eigenvalue weighted by molar-refractivity contribution is -0.118. The van der Waals surface area contributed by atoms with Crippen molar-refractivity contribution in [2.75, 3.05) is 12.1 Å². The van der Waals surface area contributed by atoms with Crippen LogP contribution in [-0.2, 0) is 14.3 Å². The molecule has 25 heavy (non-hydrogen) atoms. The maximum Gasteiger partial charge on any atom is 0.231 e. The monoisotopic (exact) mass is 336 g/mol. The molecule has 129 valence electrons. The Balaban J connectivity index is 1.74. The largest absolute Gasteiger partial charge is 0.458 e. The molecule has 0 aromatic heterocycles. The van der Waals surface area contributed by atoms with Crippen molar-refractivity contribution in [3.05, 3.63) is 52.4 Å². The Morgan fingerprint density at radius 1 is 1.36 bits per heavy atom. The maximum absolute atomic E-state index is 12.7. The Hall–Kier alpha value is -2.43. The fraction of sp³-hybridized carbons (Fsp3) is 0.350. The Kier molecular flexibility index (Phi) is 5.02. The molecule has 0 aliphatic carbocycles. The zero-order chi connectivity index (χ0) is 18.0. The van der Waals surface area contributed by atoms with Crippen molar-refractivity contribution >= 4 is 30.4 Å². The number of nitrogens with one attached hydrogen (secondary N) is 1. The van der Waals surface area contributed by atoms with E-state index in [1.165, 1.54) is 10.9 Å². The Bertz CT molecular complexity index is 792. The molecule has 0 saturated heterocycles. The van der Waals surface area contributed by atoms with Crippen LogP contribution in [0.2, 0.25) is 0 Å². The Labute approximate surface area is 149 Å². The van der Waals surface area contributed by atoms with Crippen molar-refractivity contribution in [1.82, 2.24) is 0 Å². The highest BCUT2D eigenvalue weighted by molar-refractivity contribution is 6.65. The molecule has 0 fully saturated rings. The first kappa shape index (κ1) is 17.4. The van der Waals surface area contributed by atoms with E-state index in [0.717, 1.165) is 29.0 Å². The third kappa shape index (κ3) is 3.81. The van der Waals surface area contributed by atoms with E-state index in [2.05, 4.69) is 25.6 Å². The van der Waals surface area contributed by atoms with Crippen LogP contribution in [0.3, 0.4) is 0 Å². The van der Waals surface area contributed by atoms with Crippen LogP contribution >= 0.6 is 0 Å². The van der Waals surface area contributed by atoms with Crippen molar-refractivity contribution < 1.29 is 14.3 Å². The van der Waals surface area contributed by atoms with Crippen molar-refractivity contribution in [2.24, 2.45) is 5.92 Å². The molecular formula is C20H23BNO3. The first-order valence-electron chi connectivity index (χ1n) is 8.60. The number of hydrogen-bond donors (Lipinski definition) is 1. The van der Waals surface area contributed by atoms with Crippen LogP contribution in [0.5, 0.6) is 0 Å². The van der Waals surface area contributed by atoms with Crippen LogP contribution in [0.15, 0.2) is 46.8 Å². The van der Waals surface area contributed by atoms with Crippen LogP contribution in [0.4, 0.5) is 5.69 Å². The molecule has 1 amide bonds. The van der Waals surface area contributed by atoms with E-state index in [-0.39, 0.29) is 18.6 Å². The average molecular weight is 336 g/mol. The van der Waals surface area contributed by atoms with Gasteiger partial charge in [0.2, 0.25) is 12.7 Å². The Morgan fingerprint density at radius 3 is 2.84 bits per heavy atom. The van der Waals surface area contributed by atoms with Gasteiger partial charge >= 0.3 is 0 Å². The number of hydrogen-bond acceptors (Lipinski definition) is 3. The number of benzene rings is 1. The van der Waals surface area contributed by atoms with Crippen molar-refractivity contribution in [1.29, 1.82) is 0 Å². The fourth-order valence-corrected chi connectivity index (χ4v) is 3.19. The van der Waals surface area contributed by atoms with Gasteiger partial charge in [-0.05, 0) is 44.0 Å². The molecule has 1 aromatic carbocycles. The number of rotatable bonds is 5. The summed E-state index contributed by atoms with van der Waals surface area (Å²) in [6.07, 6.45) is 4.75. The molecule has 1 aromatic rings. The van der Waals surface area contributed by atoms with Crippen LogP contribution in [0.1, 0.15) is 39.7 Å². The summed E-state index contributed by atoms with van der Waals surface area (Å²) in [5.74, 6) is 1.25. The molecule has 2 aliphatic rings. The lowest BCUT2D eigenvalue weighted by atomic mass is 9.67. The standard InChI is InChI=1S/C20H23BNO3/c1-5-17(12(2)8-19-14(4)24-11-25-19)20(23)22-16-6-7-18-15(10-16)9-13(3)21-18/h6-10,17H,5,11H2,1-4H3,(H,22,23). The third-order valence-corrected chi connectivity index (χ3v) is 4.59. The molecule has 2 aliphatic heterocycles. The van der Waals surface area contributed by atoms with Gasteiger partial charge in [-0.3, -0.25) is 4.79 Å². The van der Waals surface area contributed by atoms with E-state index in [4.69, 9.17) is 9.47 Å². The normalized spacial score (nSPS) is 17.3. The zero-order valence-electron chi connectivity index (χ0n) is 15.2. The van der Waals surface area contributed by atoms with Crippen LogP contribution < -0.4 is 10.8 Å². The minimum absolute atomic E-state index is 0.00366. The zero-order valence-corrected chi connectivity index (χ0v) is 15.2. The van der Waals surface area contributed by atoms with Gasteiger partial charge in [-0.15, -0.1) is 5.47 Å². The highest BCUT2D eigenvalue weighted by Crippen LogP contribution is 2.24. The van der Waals surface area contributed by atoms with E-state index in [1.807, 2.05) is 45.0 Å². The summed E-state index contributed by atoms with van der Waals surface area (Å²) >= 11 is 0. The number of carbonyl (C=O) groups excluding carboxylic acids is 1. The molecule has 0 spiro atoms. The number of fused-ring (bicyclic) bond motifs is 1. The van der Waals surface area contributed by atoms with E-state index < -0.39 is 0 Å². The highest BCUT2D eigenvalue weighted by atomic mass is 16.7. The number of amides is 1. The number of carbonyl (C=O) groups is 1. The molecule has 4 nitrogen and oxygen atoms in total. The van der Waals surface area contributed by atoms with Crippen molar-refractivity contribution in [3.63, 3.8) is 0 Å². The molecule has 1 atom stereocenters. The average Bonchev–Trinajstić information content (AvgIpc) is 3.12. The summed E-state index contributed by atoms with van der Waals surface area (Å²) in [5.41, 5.74) is 5.36. The summed E-state index contributed by atoms with van der Waals surface area (Å²) < 4.78 is 10.7. The molecule has 1 radical (unpaired) electrons. The molecular weight excluding hydrogens is 313 g/mol. The number of anilines is 1. The molecule has 1 unspecified atom stereocenters. The van der Waals surface area contributed by atoms with Crippen LogP contribution in [-0.4, -0.2) is 20.0 Å². The second-order valence-corrected chi connectivity index (χ2v) is 6.54. The first-order valence-corrected chi connectivity index (χ1v) is 8.60. The molecule has 0 saturated carbocycles. The van der Waals surface area contributed by atoms with Gasteiger partial charge in [-0.25, -0.2) is 0 Å². The first-order chi connectivity index (χ1) is 12.0. The van der Waals surface area contributed by atoms with E-state index in [9.17, 15) is 4.79 Å². The summed E-state index contributed by atoms with van der Waals surface area (Å²) in [7, 11) is 2.14. The summed E-state index contributed by atoms with van der Waals surface area (Å²) in [5, 5.41) is 3.04. The van der Waals surface area contributed by atoms with Gasteiger partial charge in [-0.2, -0.15) is 0 Å². The fourth-order valence-electron chi connectivity index (χ4n) is 3.19. The third-order valence-electron chi connectivity index (χ3n) is 4.59. The van der Waals surface area contributed by atoms with E-state index in [0.29, 0.717) is 5.76 Å². The van der Waals surface area contributed by atoms with Gasteiger partial charge in [-0.1, -0.05) is 37.0 Å². The second kappa shape index (κ2) is 7.22. The summed E-state index contributed by atoms with van der Waals surface area (Å²) in [6.45, 7) is 8.15. The van der Waals surface area contributed by atoms with Gasteiger partial charge in [0.05, 0.1) is 5.92 Å². The predicted molar refractivity (Wildman–Crippen MR) is 101 cm³/mol. The predicted octanol–water partition coefficient (Wildman–Crippen LogP) is 3.54. The summed E-state index contributed by atoms with van der Waals surface area (Å²) in [4.78, 5) is 12.7. The lowest BCUT2D eigenvalue weighted by Crippen LogP contribution is -2.24. The smallest absolute Gasteiger partial charge is 0.231 e. The maximum atomic E-state index is 12.7. The topological polar surface area (TPSA) is 47.6 Å². The second-order valence-electron chi connectivity index (χ2n) is 6.54. The highest BCUT2D eigenvalue weighted by Gasteiger charge is 2.21. The van der Waals surface area contributed by atoms with Gasteiger partial charge in [0.15, 0.2) is 13.0 Å². The van der Waals surface area contributed by atoms with E-state index >= 15 is 0 Å². The minimum Gasteiger partial charge on any atom is -0.458 e. The quantitative estimate of drug-likeness (QED) is 0.837. The molecule has 0 bridgehead atoms. The minimum atomic E-state index is -0.207. The van der Waals surface area contributed by atoms with Gasteiger partial charge in [0.25, 0.3) is 0 Å². The molecule has 1 N–H and O–H groups in total. The van der Waals surface area contributed by atoms with Crippen LogP contribution in [0, 0.1) is 5.92 Å². The number of allylic oxidation sites excluding steroid dienone is 3. The molecule has 5 heteroatoms. The summed E-state index contributed by atoms with van der Waals surface area (Å²) in [6, 6.07) is 6.01. The van der Waals surface area contributed by atoms with Gasteiger partial charge in [0.1, 0.15) is 5.76 Å². The molecule has 2 heterocycles. The Morgan fingerprint density at radius 2 is 2.16 bits per heavy atom. The van der Waals surface area contributed by atoms with Gasteiger partial charge < -0.3 is 14.8 Å². The number of ether oxygens (including phenoxy) is 2. The van der Waals surface area contributed by atoms with E-state index in [1.54, 1.807) is 0 Å².